The summed E-state index contributed by atoms with van der Waals surface area (Å²) in [5.41, 5.74) is 0.180. The van der Waals surface area contributed by atoms with Crippen LogP contribution in [0.4, 0.5) is 0 Å². The number of nitrogens with zero attached hydrogens (tertiary/aromatic N) is 1. The van der Waals surface area contributed by atoms with Crippen LogP contribution < -0.4 is 0 Å². The van der Waals surface area contributed by atoms with Crippen molar-refractivity contribution in [3.05, 3.63) is 36.0 Å². The summed E-state index contributed by atoms with van der Waals surface area (Å²) in [6.45, 7) is 3.65. The molecule has 0 spiro atoms. The van der Waals surface area contributed by atoms with Gasteiger partial charge in [0.1, 0.15) is 0 Å². The van der Waals surface area contributed by atoms with Gasteiger partial charge in [-0.3, -0.25) is 4.79 Å². The van der Waals surface area contributed by atoms with Gasteiger partial charge in [0.2, 0.25) is 0 Å². The Balaban J connectivity index is 2.42. The second kappa shape index (κ2) is 4.42. The molecule has 0 aliphatic carbocycles. The van der Waals surface area contributed by atoms with E-state index >= 15 is 0 Å². The molecule has 0 aliphatic heterocycles. The predicted octanol–water partition coefficient (Wildman–Crippen LogP) is 2.45. The largest absolute Gasteiger partial charge is 0.481 e. The molecular weight excluding hydrogens is 246 g/mol. The summed E-state index contributed by atoms with van der Waals surface area (Å²) < 4.78 is 1.83. The number of benzene rings is 1. The van der Waals surface area contributed by atoms with Crippen molar-refractivity contribution in [2.75, 3.05) is 0 Å². The smallest absolute Gasteiger partial charge is 0.335 e. The molecule has 2 N–H and O–H groups in total. The van der Waals surface area contributed by atoms with Gasteiger partial charge in [0.05, 0.1) is 11.0 Å². The third kappa shape index (κ3) is 2.45. The van der Waals surface area contributed by atoms with E-state index in [0.717, 1.165) is 10.9 Å². The summed E-state index contributed by atoms with van der Waals surface area (Å²) in [4.78, 5) is 22.0. The van der Waals surface area contributed by atoms with E-state index in [1.165, 1.54) is 6.07 Å². The Labute approximate surface area is 110 Å². The van der Waals surface area contributed by atoms with Gasteiger partial charge in [-0.15, -0.1) is 0 Å². The summed E-state index contributed by atoms with van der Waals surface area (Å²) in [7, 11) is 0. The van der Waals surface area contributed by atoms with Crippen LogP contribution in [0.3, 0.4) is 0 Å². The molecule has 1 aromatic heterocycles. The average molecular weight is 261 g/mol. The van der Waals surface area contributed by atoms with E-state index in [0.29, 0.717) is 6.54 Å². The van der Waals surface area contributed by atoms with Crippen molar-refractivity contribution in [1.82, 2.24) is 4.57 Å². The molecule has 0 bridgehead atoms. The predicted molar refractivity (Wildman–Crippen MR) is 70.3 cm³/mol. The lowest BCUT2D eigenvalue weighted by molar-refractivity contribution is -0.147. The zero-order valence-electron chi connectivity index (χ0n) is 10.8. The van der Waals surface area contributed by atoms with Crippen LogP contribution in [0.1, 0.15) is 24.2 Å². The lowest BCUT2D eigenvalue weighted by atomic mass is 9.94. The van der Waals surface area contributed by atoms with Crippen molar-refractivity contribution in [1.29, 1.82) is 0 Å². The fourth-order valence-corrected chi connectivity index (χ4v) is 1.96. The van der Waals surface area contributed by atoms with Crippen molar-refractivity contribution in [2.24, 2.45) is 5.41 Å². The molecule has 5 nitrogen and oxygen atoms in total. The number of aliphatic carboxylic acids is 1. The molecule has 5 heteroatoms. The van der Waals surface area contributed by atoms with Crippen LogP contribution >= 0.6 is 0 Å². The van der Waals surface area contributed by atoms with E-state index in [1.54, 1.807) is 38.2 Å². The minimum atomic E-state index is -0.972. The van der Waals surface area contributed by atoms with Gasteiger partial charge >= 0.3 is 11.9 Å². The molecule has 100 valence electrons. The summed E-state index contributed by atoms with van der Waals surface area (Å²) in [5.74, 6) is -1.84. The lowest BCUT2D eigenvalue weighted by Crippen LogP contribution is -2.28. The Morgan fingerprint density at radius 3 is 2.47 bits per heavy atom. The molecular formula is C14H15NO4. The molecule has 2 rings (SSSR count). The van der Waals surface area contributed by atoms with Crippen LogP contribution in [0, 0.1) is 5.41 Å². The quantitative estimate of drug-likeness (QED) is 0.886. The van der Waals surface area contributed by atoms with E-state index < -0.39 is 17.4 Å². The number of aromatic nitrogens is 1. The SMILES string of the molecule is CC(C)(Cn1ccc2cc(C(=O)O)ccc21)C(=O)O. The molecule has 1 aromatic carbocycles. The molecule has 1 heterocycles. The normalized spacial score (nSPS) is 11.7. The third-order valence-electron chi connectivity index (χ3n) is 3.16. The van der Waals surface area contributed by atoms with Crippen molar-refractivity contribution < 1.29 is 19.8 Å². The first kappa shape index (κ1) is 13.1. The number of hydrogen-bond acceptors (Lipinski definition) is 2. The zero-order valence-corrected chi connectivity index (χ0v) is 10.8. The molecule has 2 aromatic rings. The highest BCUT2D eigenvalue weighted by Gasteiger charge is 2.27. The minimum absolute atomic E-state index is 0.225. The van der Waals surface area contributed by atoms with E-state index in [4.69, 9.17) is 10.2 Å². The minimum Gasteiger partial charge on any atom is -0.481 e. The highest BCUT2D eigenvalue weighted by Crippen LogP contribution is 2.24. The van der Waals surface area contributed by atoms with Gasteiger partial charge in [-0.2, -0.15) is 0 Å². The van der Waals surface area contributed by atoms with Gasteiger partial charge in [0.25, 0.3) is 0 Å². The maximum Gasteiger partial charge on any atom is 0.335 e. The lowest BCUT2D eigenvalue weighted by Gasteiger charge is -2.20. The van der Waals surface area contributed by atoms with Crippen LogP contribution in [-0.4, -0.2) is 26.7 Å². The first-order chi connectivity index (χ1) is 8.81. The standard InChI is InChI=1S/C14H15NO4/c1-14(2,13(18)19)8-15-6-5-9-7-10(12(16)17)3-4-11(9)15/h3-7H,8H2,1-2H3,(H,16,17)(H,18,19). The van der Waals surface area contributed by atoms with E-state index in [-0.39, 0.29) is 5.56 Å². The highest BCUT2D eigenvalue weighted by molar-refractivity contribution is 5.93. The number of rotatable bonds is 4. The van der Waals surface area contributed by atoms with Crippen LogP contribution in [0.15, 0.2) is 30.5 Å². The first-order valence-corrected chi connectivity index (χ1v) is 5.87. The fourth-order valence-electron chi connectivity index (χ4n) is 1.96. The summed E-state index contributed by atoms with van der Waals surface area (Å²) in [6, 6.07) is 6.60. The molecule has 0 fully saturated rings. The number of carboxylic acids is 2. The monoisotopic (exact) mass is 261 g/mol. The molecule has 19 heavy (non-hydrogen) atoms. The van der Waals surface area contributed by atoms with Gasteiger partial charge in [-0.05, 0) is 38.1 Å². The van der Waals surface area contributed by atoms with E-state index in [1.807, 2.05) is 4.57 Å². The Bertz CT molecular complexity index is 655. The molecule has 0 unspecified atom stereocenters. The molecule has 0 radical (unpaired) electrons. The second-order valence-corrected chi connectivity index (χ2v) is 5.21. The van der Waals surface area contributed by atoms with E-state index in [9.17, 15) is 9.59 Å². The molecule has 0 saturated heterocycles. The van der Waals surface area contributed by atoms with Gasteiger partial charge in [0, 0.05) is 23.6 Å². The van der Waals surface area contributed by atoms with Gasteiger partial charge < -0.3 is 14.8 Å². The first-order valence-electron chi connectivity index (χ1n) is 5.87. The van der Waals surface area contributed by atoms with Crippen LogP contribution in [0.5, 0.6) is 0 Å². The van der Waals surface area contributed by atoms with Crippen molar-refractivity contribution in [2.45, 2.75) is 20.4 Å². The summed E-state index contributed by atoms with van der Waals surface area (Å²) in [5, 5.41) is 18.9. The van der Waals surface area contributed by atoms with E-state index in [2.05, 4.69) is 0 Å². The van der Waals surface area contributed by atoms with Crippen LogP contribution in [0.25, 0.3) is 10.9 Å². The topological polar surface area (TPSA) is 79.5 Å². The number of fused-ring (bicyclic) bond motifs is 1. The number of aromatic carboxylic acids is 1. The fraction of sp³-hybridized carbons (Fsp3) is 0.286. The van der Waals surface area contributed by atoms with Gasteiger partial charge in [-0.1, -0.05) is 0 Å². The Morgan fingerprint density at radius 2 is 1.89 bits per heavy atom. The number of hydrogen-bond donors (Lipinski definition) is 2. The summed E-state index contributed by atoms with van der Waals surface area (Å²) in [6.07, 6.45) is 1.78. The maximum absolute atomic E-state index is 11.1. The van der Waals surface area contributed by atoms with Crippen molar-refractivity contribution in [3.63, 3.8) is 0 Å². The van der Waals surface area contributed by atoms with Crippen LogP contribution in [-0.2, 0) is 11.3 Å². The average Bonchev–Trinajstić information content (AvgIpc) is 2.71. The third-order valence-corrected chi connectivity index (χ3v) is 3.16. The van der Waals surface area contributed by atoms with Crippen molar-refractivity contribution in [3.8, 4) is 0 Å². The Morgan fingerprint density at radius 1 is 1.21 bits per heavy atom. The Hall–Kier alpha value is -2.30. The molecule has 0 aliphatic rings. The molecule has 0 atom stereocenters. The van der Waals surface area contributed by atoms with Gasteiger partial charge in [-0.25, -0.2) is 4.79 Å². The Kier molecular flexibility index (Phi) is 3.06. The molecule has 0 saturated carbocycles. The van der Waals surface area contributed by atoms with Crippen molar-refractivity contribution >= 4 is 22.8 Å². The summed E-state index contributed by atoms with van der Waals surface area (Å²) >= 11 is 0. The zero-order chi connectivity index (χ0) is 14.2. The highest BCUT2D eigenvalue weighted by atomic mass is 16.4. The number of carboxylic acid groups (broad SMARTS) is 2. The van der Waals surface area contributed by atoms with Gasteiger partial charge in [0.15, 0.2) is 0 Å². The second-order valence-electron chi connectivity index (χ2n) is 5.21. The maximum atomic E-state index is 11.1. The van der Waals surface area contributed by atoms with Crippen LogP contribution in [0.2, 0.25) is 0 Å². The molecule has 0 amide bonds. The number of carbonyl (C=O) groups is 2.